The highest BCUT2D eigenvalue weighted by molar-refractivity contribution is 7.11. The average molecular weight is 312 g/mol. The molecular formula is C14H24N4O2S. The molecule has 0 amide bonds. The standard InChI is InChI=1S/C14H24N4O2S/c1-9(2)20-12-13(15)17-21-14(12)16-6-11-7-18-5-3-4-10(18)8-19-11/h9-11,16H,3-8H2,1-2H3,(H2,15,17). The summed E-state index contributed by atoms with van der Waals surface area (Å²) in [6.45, 7) is 7.80. The molecule has 6 nitrogen and oxygen atoms in total. The number of ether oxygens (including phenoxy) is 2. The number of nitrogens with one attached hydrogen (secondary N) is 1. The van der Waals surface area contributed by atoms with Gasteiger partial charge in [-0.05, 0) is 44.8 Å². The molecule has 0 radical (unpaired) electrons. The summed E-state index contributed by atoms with van der Waals surface area (Å²) in [6, 6.07) is 0.639. The Kier molecular flexibility index (Phi) is 4.51. The minimum Gasteiger partial charge on any atom is -0.484 e. The quantitative estimate of drug-likeness (QED) is 0.863. The first-order valence-corrected chi connectivity index (χ1v) is 8.42. The molecule has 3 heterocycles. The van der Waals surface area contributed by atoms with Gasteiger partial charge in [0.15, 0.2) is 16.6 Å². The molecule has 2 aliphatic heterocycles. The highest BCUT2D eigenvalue weighted by Gasteiger charge is 2.32. The third-order valence-corrected chi connectivity index (χ3v) is 4.78. The summed E-state index contributed by atoms with van der Waals surface area (Å²) in [5, 5.41) is 4.29. The number of aromatic nitrogens is 1. The molecule has 21 heavy (non-hydrogen) atoms. The number of nitrogen functional groups attached to an aromatic ring is 1. The van der Waals surface area contributed by atoms with Crippen LogP contribution in [0, 0.1) is 0 Å². The van der Waals surface area contributed by atoms with Gasteiger partial charge in [0.05, 0.1) is 18.8 Å². The Morgan fingerprint density at radius 2 is 2.43 bits per heavy atom. The van der Waals surface area contributed by atoms with E-state index in [1.807, 2.05) is 13.8 Å². The Balaban J connectivity index is 1.55. The number of nitrogens with zero attached hydrogens (tertiary/aromatic N) is 2. The summed E-state index contributed by atoms with van der Waals surface area (Å²) >= 11 is 1.35. The maximum Gasteiger partial charge on any atom is 0.197 e. The monoisotopic (exact) mass is 312 g/mol. The number of hydrogen-bond donors (Lipinski definition) is 2. The number of morpholine rings is 1. The van der Waals surface area contributed by atoms with Gasteiger partial charge in [-0.25, -0.2) is 0 Å². The molecule has 0 aromatic carbocycles. The Labute approximate surface area is 129 Å². The lowest BCUT2D eigenvalue weighted by Crippen LogP contribution is -2.48. The van der Waals surface area contributed by atoms with Gasteiger partial charge in [-0.2, -0.15) is 4.37 Å². The van der Waals surface area contributed by atoms with Crippen molar-refractivity contribution < 1.29 is 9.47 Å². The molecule has 3 N–H and O–H groups in total. The molecule has 3 rings (SSSR count). The van der Waals surface area contributed by atoms with Gasteiger partial charge in [-0.3, -0.25) is 4.90 Å². The zero-order chi connectivity index (χ0) is 14.8. The third-order valence-electron chi connectivity index (χ3n) is 3.98. The second kappa shape index (κ2) is 6.37. The van der Waals surface area contributed by atoms with E-state index in [2.05, 4.69) is 14.6 Å². The normalized spacial score (nSPS) is 26.0. The summed E-state index contributed by atoms with van der Waals surface area (Å²) in [6.07, 6.45) is 2.87. The van der Waals surface area contributed by atoms with Gasteiger partial charge in [-0.15, -0.1) is 0 Å². The fourth-order valence-corrected chi connectivity index (χ4v) is 3.63. The van der Waals surface area contributed by atoms with Gasteiger partial charge in [0.2, 0.25) is 0 Å². The summed E-state index contributed by atoms with van der Waals surface area (Å²) < 4.78 is 15.9. The fourth-order valence-electron chi connectivity index (χ4n) is 2.97. The van der Waals surface area contributed by atoms with Crippen molar-refractivity contribution in [2.24, 2.45) is 0 Å². The second-order valence-corrected chi connectivity index (χ2v) is 6.79. The minimum absolute atomic E-state index is 0.0838. The van der Waals surface area contributed by atoms with Gasteiger partial charge in [0.1, 0.15) is 0 Å². The molecule has 2 saturated heterocycles. The van der Waals surface area contributed by atoms with Gasteiger partial charge < -0.3 is 20.5 Å². The van der Waals surface area contributed by atoms with Crippen LogP contribution in [0.15, 0.2) is 0 Å². The molecule has 7 heteroatoms. The molecule has 0 aliphatic carbocycles. The van der Waals surface area contributed by atoms with Crippen molar-refractivity contribution >= 4 is 22.4 Å². The van der Waals surface area contributed by atoms with Gasteiger partial charge >= 0.3 is 0 Å². The van der Waals surface area contributed by atoms with E-state index >= 15 is 0 Å². The molecule has 118 valence electrons. The first-order valence-electron chi connectivity index (χ1n) is 7.65. The van der Waals surface area contributed by atoms with Gasteiger partial charge in [0.25, 0.3) is 0 Å². The van der Waals surface area contributed by atoms with Crippen molar-refractivity contribution in [2.45, 2.75) is 44.9 Å². The Bertz CT molecular complexity index is 480. The van der Waals surface area contributed by atoms with Crippen LogP contribution in [0.1, 0.15) is 26.7 Å². The van der Waals surface area contributed by atoms with Crippen molar-refractivity contribution in [3.05, 3.63) is 0 Å². The summed E-state index contributed by atoms with van der Waals surface area (Å²) in [5.41, 5.74) is 5.86. The first-order chi connectivity index (χ1) is 10.1. The second-order valence-electron chi connectivity index (χ2n) is 6.02. The maximum absolute atomic E-state index is 5.95. The first kappa shape index (κ1) is 14.9. The molecular weight excluding hydrogens is 288 g/mol. The molecule has 1 aromatic rings. The van der Waals surface area contributed by atoms with Gasteiger partial charge in [0, 0.05) is 19.1 Å². The lowest BCUT2D eigenvalue weighted by Gasteiger charge is -2.35. The van der Waals surface area contributed by atoms with Crippen LogP contribution in [0.25, 0.3) is 0 Å². The maximum atomic E-state index is 5.95. The lowest BCUT2D eigenvalue weighted by atomic mass is 10.2. The van der Waals surface area contributed by atoms with Crippen molar-refractivity contribution in [2.75, 3.05) is 37.3 Å². The van der Waals surface area contributed by atoms with Crippen molar-refractivity contribution in [3.8, 4) is 5.75 Å². The van der Waals surface area contributed by atoms with E-state index in [9.17, 15) is 0 Å². The van der Waals surface area contributed by atoms with Crippen LogP contribution in [-0.2, 0) is 4.74 Å². The van der Waals surface area contributed by atoms with Crippen LogP contribution in [-0.4, -0.2) is 53.8 Å². The highest BCUT2D eigenvalue weighted by Crippen LogP contribution is 2.36. The Morgan fingerprint density at radius 1 is 1.57 bits per heavy atom. The molecule has 1 aromatic heterocycles. The smallest absolute Gasteiger partial charge is 0.197 e. The van der Waals surface area contributed by atoms with E-state index in [-0.39, 0.29) is 12.2 Å². The van der Waals surface area contributed by atoms with E-state index in [0.29, 0.717) is 17.6 Å². The van der Waals surface area contributed by atoms with Crippen LogP contribution < -0.4 is 15.8 Å². The Hall–Kier alpha value is -1.05. The summed E-state index contributed by atoms with van der Waals surface area (Å²) in [4.78, 5) is 2.54. The average Bonchev–Trinajstić information content (AvgIpc) is 3.04. The zero-order valence-corrected chi connectivity index (χ0v) is 13.5. The summed E-state index contributed by atoms with van der Waals surface area (Å²) in [5.74, 6) is 1.13. The van der Waals surface area contributed by atoms with E-state index in [0.717, 1.165) is 24.7 Å². The number of nitrogens with two attached hydrogens (primary N) is 1. The van der Waals surface area contributed by atoms with Crippen LogP contribution in [0.4, 0.5) is 10.8 Å². The van der Waals surface area contributed by atoms with E-state index in [4.69, 9.17) is 15.2 Å². The molecule has 2 atom stereocenters. The third kappa shape index (κ3) is 3.41. The number of anilines is 2. The Morgan fingerprint density at radius 3 is 3.24 bits per heavy atom. The topological polar surface area (TPSA) is 72.6 Å². The molecule has 0 bridgehead atoms. The highest BCUT2D eigenvalue weighted by atomic mass is 32.1. The molecule has 2 fully saturated rings. The van der Waals surface area contributed by atoms with E-state index in [1.54, 1.807) is 0 Å². The minimum atomic E-state index is 0.0838. The fraction of sp³-hybridized carbons (Fsp3) is 0.786. The predicted octanol–water partition coefficient (Wildman–Crippen LogP) is 1.79. The lowest BCUT2D eigenvalue weighted by molar-refractivity contribution is -0.0415. The number of rotatable bonds is 5. The molecule has 0 spiro atoms. The van der Waals surface area contributed by atoms with Crippen LogP contribution in [0.3, 0.4) is 0 Å². The largest absolute Gasteiger partial charge is 0.484 e. The number of fused-ring (bicyclic) bond motifs is 1. The van der Waals surface area contributed by atoms with Crippen LogP contribution in [0.2, 0.25) is 0 Å². The molecule has 2 unspecified atom stereocenters. The van der Waals surface area contributed by atoms with E-state index < -0.39 is 0 Å². The van der Waals surface area contributed by atoms with E-state index in [1.165, 1.54) is 30.9 Å². The van der Waals surface area contributed by atoms with Crippen molar-refractivity contribution in [3.63, 3.8) is 0 Å². The van der Waals surface area contributed by atoms with Crippen molar-refractivity contribution in [1.82, 2.24) is 9.27 Å². The molecule has 2 aliphatic rings. The number of hydrogen-bond acceptors (Lipinski definition) is 7. The van der Waals surface area contributed by atoms with Crippen LogP contribution in [0.5, 0.6) is 5.75 Å². The zero-order valence-electron chi connectivity index (χ0n) is 12.7. The SMILES string of the molecule is CC(C)Oc1c(N)nsc1NCC1CN2CCCC2CO1. The predicted molar refractivity (Wildman–Crippen MR) is 85.1 cm³/mol. The van der Waals surface area contributed by atoms with Crippen molar-refractivity contribution in [1.29, 1.82) is 0 Å². The summed E-state index contributed by atoms with van der Waals surface area (Å²) in [7, 11) is 0. The van der Waals surface area contributed by atoms with Gasteiger partial charge in [-0.1, -0.05) is 0 Å². The van der Waals surface area contributed by atoms with Crippen LogP contribution >= 0.6 is 11.5 Å². The molecule has 0 saturated carbocycles.